The number of nitrogens with zero attached hydrogens (tertiary/aromatic N) is 4. The van der Waals surface area contributed by atoms with Crippen LogP contribution in [0.4, 0.5) is 0 Å². The molecule has 0 bridgehead atoms. The van der Waals surface area contributed by atoms with Crippen molar-refractivity contribution in [1.82, 2.24) is 19.8 Å². The molecule has 1 aromatic heterocycles. The molecule has 4 aromatic rings. The number of amides is 1. The second-order valence-electron chi connectivity index (χ2n) is 9.24. The number of aromatic nitrogens is 2. The van der Waals surface area contributed by atoms with Gasteiger partial charge in [-0.3, -0.25) is 9.69 Å². The van der Waals surface area contributed by atoms with Gasteiger partial charge in [-0.2, -0.15) is 5.26 Å². The molecule has 2 heterocycles. The Morgan fingerprint density at radius 1 is 0.944 bits per heavy atom. The monoisotopic (exact) mass is 475 g/mol. The normalized spacial score (nSPS) is 15.4. The molecule has 6 nitrogen and oxygen atoms in total. The minimum Gasteiger partial charge on any atom is -0.345 e. The van der Waals surface area contributed by atoms with Crippen LogP contribution in [-0.4, -0.2) is 38.3 Å². The molecule has 1 unspecified atom stereocenters. The Hall–Kier alpha value is -4.21. The number of imidazole rings is 1. The summed E-state index contributed by atoms with van der Waals surface area (Å²) in [5.74, 6) is 0.994. The van der Waals surface area contributed by atoms with Crippen molar-refractivity contribution in [3.05, 3.63) is 125 Å². The largest absolute Gasteiger partial charge is 0.345 e. The Bertz CT molecular complexity index is 1340. The van der Waals surface area contributed by atoms with Crippen molar-refractivity contribution in [2.45, 2.75) is 38.5 Å². The second kappa shape index (κ2) is 11.0. The van der Waals surface area contributed by atoms with Gasteiger partial charge in [0.1, 0.15) is 5.82 Å². The summed E-state index contributed by atoms with van der Waals surface area (Å²) in [6.07, 6.45) is 3.22. The lowest BCUT2D eigenvalue weighted by Crippen LogP contribution is -2.41. The lowest BCUT2D eigenvalue weighted by Gasteiger charge is -2.27. The highest BCUT2D eigenvalue weighted by Crippen LogP contribution is 2.24. The van der Waals surface area contributed by atoms with Gasteiger partial charge < -0.3 is 9.88 Å². The minimum atomic E-state index is -0.181. The molecular weight excluding hydrogens is 446 g/mol. The molecule has 0 aliphatic carbocycles. The summed E-state index contributed by atoms with van der Waals surface area (Å²) in [4.78, 5) is 25.7. The average Bonchev–Trinajstić information content (AvgIpc) is 3.51. The van der Waals surface area contributed by atoms with Crippen LogP contribution in [0.5, 0.6) is 0 Å². The van der Waals surface area contributed by atoms with Crippen molar-refractivity contribution in [3.63, 3.8) is 0 Å². The Balaban J connectivity index is 1.32. The van der Waals surface area contributed by atoms with Gasteiger partial charge in [-0.25, -0.2) is 4.98 Å². The molecule has 3 aromatic carbocycles. The first-order chi connectivity index (χ1) is 17.7. The topological polar surface area (TPSA) is 76.0 Å². The van der Waals surface area contributed by atoms with E-state index in [2.05, 4.69) is 45.2 Å². The van der Waals surface area contributed by atoms with Gasteiger partial charge in [-0.1, -0.05) is 78.9 Å². The van der Waals surface area contributed by atoms with E-state index in [1.807, 2.05) is 71.8 Å². The number of likely N-dealkylation sites (tertiary alicyclic amines) is 1. The third-order valence-corrected chi connectivity index (χ3v) is 6.70. The molecule has 0 saturated carbocycles. The molecule has 36 heavy (non-hydrogen) atoms. The van der Waals surface area contributed by atoms with E-state index >= 15 is 0 Å². The van der Waals surface area contributed by atoms with Crippen molar-refractivity contribution in [3.8, 4) is 6.07 Å². The number of rotatable bonds is 9. The molecule has 1 aliphatic rings. The second-order valence-corrected chi connectivity index (χ2v) is 9.24. The number of carbonyl (C=O) groups excluding carboxylic acids is 1. The molecule has 180 valence electrons. The number of benzene rings is 3. The Kier molecular flexibility index (Phi) is 7.20. The summed E-state index contributed by atoms with van der Waals surface area (Å²) in [5, 5.41) is 9.40. The predicted octanol–water partition coefficient (Wildman–Crippen LogP) is 4.68. The van der Waals surface area contributed by atoms with Gasteiger partial charge in [-0.05, 0) is 29.2 Å². The Morgan fingerprint density at radius 3 is 2.39 bits per heavy atom. The summed E-state index contributed by atoms with van der Waals surface area (Å²) in [6, 6.07) is 30.1. The minimum absolute atomic E-state index is 0.178. The summed E-state index contributed by atoms with van der Waals surface area (Å²) in [6.45, 7) is 2.67. The fraction of sp³-hybridized carbons (Fsp3) is 0.233. The first kappa shape index (κ1) is 23.5. The van der Waals surface area contributed by atoms with Crippen LogP contribution in [0.2, 0.25) is 0 Å². The van der Waals surface area contributed by atoms with E-state index < -0.39 is 0 Å². The molecule has 1 N–H and O–H groups in total. The molecule has 1 aliphatic heterocycles. The number of aromatic amines is 1. The van der Waals surface area contributed by atoms with E-state index in [4.69, 9.17) is 0 Å². The molecule has 5 rings (SSSR count). The maximum absolute atomic E-state index is 13.5. The van der Waals surface area contributed by atoms with Crippen molar-refractivity contribution in [1.29, 1.82) is 5.26 Å². The average molecular weight is 476 g/mol. The highest BCUT2D eigenvalue weighted by molar-refractivity contribution is 5.84. The zero-order valence-electron chi connectivity index (χ0n) is 20.2. The molecule has 1 fully saturated rings. The van der Waals surface area contributed by atoms with E-state index in [-0.39, 0.29) is 11.9 Å². The van der Waals surface area contributed by atoms with Gasteiger partial charge in [0.05, 0.1) is 17.7 Å². The van der Waals surface area contributed by atoms with Crippen molar-refractivity contribution >= 4 is 5.91 Å². The van der Waals surface area contributed by atoms with Crippen LogP contribution in [0.25, 0.3) is 0 Å². The van der Waals surface area contributed by atoms with Gasteiger partial charge in [0.2, 0.25) is 5.91 Å². The molecule has 1 amide bonds. The summed E-state index contributed by atoms with van der Waals surface area (Å²) >= 11 is 0. The van der Waals surface area contributed by atoms with Crippen LogP contribution in [-0.2, 0) is 30.8 Å². The number of hydrogen-bond donors (Lipinski definition) is 1. The molecule has 0 radical (unpaired) electrons. The fourth-order valence-electron chi connectivity index (χ4n) is 4.87. The van der Waals surface area contributed by atoms with Crippen LogP contribution >= 0.6 is 0 Å². The molecule has 1 atom stereocenters. The lowest BCUT2D eigenvalue weighted by molar-refractivity contribution is -0.133. The van der Waals surface area contributed by atoms with Gasteiger partial charge in [0.15, 0.2) is 0 Å². The first-order valence-corrected chi connectivity index (χ1v) is 12.3. The van der Waals surface area contributed by atoms with E-state index in [9.17, 15) is 10.1 Å². The maximum atomic E-state index is 13.5. The number of carbonyl (C=O) groups is 1. The maximum Gasteiger partial charge on any atom is 0.240 e. The molecular formula is C30H29N5O. The van der Waals surface area contributed by atoms with E-state index in [0.717, 1.165) is 35.6 Å². The zero-order valence-corrected chi connectivity index (χ0v) is 20.2. The summed E-state index contributed by atoms with van der Waals surface area (Å²) in [7, 11) is 0. The molecule has 1 saturated heterocycles. The fourth-order valence-corrected chi connectivity index (χ4v) is 4.87. The van der Waals surface area contributed by atoms with Crippen LogP contribution in [0.1, 0.15) is 40.2 Å². The third kappa shape index (κ3) is 5.54. The van der Waals surface area contributed by atoms with Crippen molar-refractivity contribution < 1.29 is 4.79 Å². The quantitative estimate of drug-likeness (QED) is 0.382. The smallest absolute Gasteiger partial charge is 0.240 e. The highest BCUT2D eigenvalue weighted by atomic mass is 16.2. The van der Waals surface area contributed by atoms with Gasteiger partial charge in [-0.15, -0.1) is 0 Å². The summed E-state index contributed by atoms with van der Waals surface area (Å²) < 4.78 is 0. The van der Waals surface area contributed by atoms with E-state index in [1.54, 1.807) is 0 Å². The SMILES string of the molecule is N#Cc1ccccc1Cc1ncc(CN(Cc2ccccc2)C2CCN(Cc3ccccc3)C2=O)[nH]1. The zero-order chi connectivity index (χ0) is 24.7. The van der Waals surface area contributed by atoms with E-state index in [1.165, 1.54) is 5.56 Å². The van der Waals surface area contributed by atoms with Crippen LogP contribution in [0.3, 0.4) is 0 Å². The standard InChI is InChI=1S/C30H29N5O/c31-18-26-14-8-7-13-25(26)17-29-32-19-27(33-29)22-35(21-24-11-5-2-6-12-24)28-15-16-34(30(28)36)20-23-9-3-1-4-10-23/h1-14,19,28H,15-17,20-22H2,(H,32,33). The van der Waals surface area contributed by atoms with Crippen molar-refractivity contribution in [2.75, 3.05) is 6.54 Å². The van der Waals surface area contributed by atoms with Crippen LogP contribution < -0.4 is 0 Å². The number of nitriles is 1. The highest BCUT2D eigenvalue weighted by Gasteiger charge is 2.36. The van der Waals surface area contributed by atoms with E-state index in [0.29, 0.717) is 31.6 Å². The first-order valence-electron chi connectivity index (χ1n) is 12.3. The van der Waals surface area contributed by atoms with Crippen molar-refractivity contribution in [2.24, 2.45) is 0 Å². The van der Waals surface area contributed by atoms with Gasteiger partial charge >= 0.3 is 0 Å². The number of hydrogen-bond acceptors (Lipinski definition) is 4. The predicted molar refractivity (Wildman–Crippen MR) is 139 cm³/mol. The van der Waals surface area contributed by atoms with Gasteiger partial charge in [0.25, 0.3) is 0 Å². The Labute approximate surface area is 211 Å². The lowest BCUT2D eigenvalue weighted by atomic mass is 10.1. The number of H-pyrrole nitrogens is 1. The van der Waals surface area contributed by atoms with Crippen LogP contribution in [0.15, 0.2) is 91.1 Å². The summed E-state index contributed by atoms with van der Waals surface area (Å²) in [5.41, 5.74) is 4.90. The van der Waals surface area contributed by atoms with Gasteiger partial charge in [0, 0.05) is 44.5 Å². The number of nitrogens with one attached hydrogen (secondary N) is 1. The van der Waals surface area contributed by atoms with Crippen LogP contribution in [0, 0.1) is 11.3 Å². The molecule has 0 spiro atoms. The Morgan fingerprint density at radius 2 is 1.64 bits per heavy atom. The molecule has 6 heteroatoms. The third-order valence-electron chi connectivity index (χ3n) is 6.70.